The van der Waals surface area contributed by atoms with Crippen molar-refractivity contribution >= 4 is 40.1 Å². The van der Waals surface area contributed by atoms with Crippen LogP contribution in [0.5, 0.6) is 5.75 Å². The van der Waals surface area contributed by atoms with Crippen LogP contribution in [0.3, 0.4) is 0 Å². The fourth-order valence-corrected chi connectivity index (χ4v) is 4.03. The molecule has 0 saturated heterocycles. The number of hydrogen-bond acceptors (Lipinski definition) is 6. The first-order valence-corrected chi connectivity index (χ1v) is 10.9. The molecule has 3 N–H and O–H groups in total. The minimum atomic E-state index is -0.242. The van der Waals surface area contributed by atoms with E-state index < -0.39 is 0 Å². The zero-order valence-electron chi connectivity index (χ0n) is 18.0. The standard InChI is InChI=1S/C22H24N6O2S/c1-12-6-15(27-31-5)7-13(2)20(12)24-22(29)17-8-16-18(9-19(17)30-4)25-26-21(16)14-10-23-28(3)11-14/h6-11,27H,1-5H3,(H,24,29)(H,25,26). The number of ether oxygens (including phenoxy) is 1. The predicted octanol–water partition coefficient (Wildman–Crippen LogP) is 4.53. The summed E-state index contributed by atoms with van der Waals surface area (Å²) in [7, 11) is 3.40. The minimum Gasteiger partial charge on any atom is -0.496 e. The zero-order chi connectivity index (χ0) is 22.1. The molecule has 2 aromatic carbocycles. The van der Waals surface area contributed by atoms with Gasteiger partial charge >= 0.3 is 0 Å². The lowest BCUT2D eigenvalue weighted by atomic mass is 10.0. The van der Waals surface area contributed by atoms with Gasteiger partial charge in [-0.2, -0.15) is 10.2 Å². The normalized spacial score (nSPS) is 11.0. The van der Waals surface area contributed by atoms with Crippen LogP contribution in [0.2, 0.25) is 0 Å². The Morgan fingerprint density at radius 3 is 2.55 bits per heavy atom. The van der Waals surface area contributed by atoms with E-state index >= 15 is 0 Å². The van der Waals surface area contributed by atoms with Gasteiger partial charge in [0.25, 0.3) is 5.91 Å². The summed E-state index contributed by atoms with van der Waals surface area (Å²) >= 11 is 1.53. The number of nitrogens with one attached hydrogen (secondary N) is 3. The lowest BCUT2D eigenvalue weighted by Crippen LogP contribution is -2.15. The predicted molar refractivity (Wildman–Crippen MR) is 126 cm³/mol. The summed E-state index contributed by atoms with van der Waals surface area (Å²) in [6.45, 7) is 3.95. The van der Waals surface area contributed by atoms with E-state index in [0.29, 0.717) is 11.3 Å². The van der Waals surface area contributed by atoms with Crippen LogP contribution in [0.1, 0.15) is 21.5 Å². The average molecular weight is 437 g/mol. The van der Waals surface area contributed by atoms with Crippen LogP contribution in [-0.2, 0) is 7.05 Å². The van der Waals surface area contributed by atoms with Crippen molar-refractivity contribution in [1.29, 1.82) is 0 Å². The van der Waals surface area contributed by atoms with Crippen molar-refractivity contribution in [2.24, 2.45) is 7.05 Å². The van der Waals surface area contributed by atoms with E-state index in [0.717, 1.165) is 44.7 Å². The number of nitrogens with zero attached hydrogens (tertiary/aromatic N) is 3. The first-order valence-electron chi connectivity index (χ1n) is 9.68. The first-order chi connectivity index (χ1) is 14.9. The van der Waals surface area contributed by atoms with E-state index in [4.69, 9.17) is 4.74 Å². The van der Waals surface area contributed by atoms with Gasteiger partial charge in [0.05, 0.1) is 24.4 Å². The fraction of sp³-hybridized carbons (Fsp3) is 0.227. The maximum atomic E-state index is 13.3. The second-order valence-electron chi connectivity index (χ2n) is 7.32. The molecule has 0 bridgehead atoms. The highest BCUT2D eigenvalue weighted by molar-refractivity contribution is 7.99. The molecule has 0 fully saturated rings. The molecule has 160 valence electrons. The van der Waals surface area contributed by atoms with Gasteiger partial charge in [0.1, 0.15) is 11.4 Å². The SMILES string of the molecule is COc1cc2[nH]nc(-c3cnn(C)c3)c2cc1C(=O)Nc1c(C)cc(NSC)cc1C. The summed E-state index contributed by atoms with van der Waals surface area (Å²) in [5.41, 5.74) is 6.57. The highest BCUT2D eigenvalue weighted by Crippen LogP contribution is 2.33. The van der Waals surface area contributed by atoms with Crippen molar-refractivity contribution in [1.82, 2.24) is 20.0 Å². The summed E-state index contributed by atoms with van der Waals surface area (Å²) in [6, 6.07) is 7.62. The van der Waals surface area contributed by atoms with E-state index in [1.807, 2.05) is 51.5 Å². The summed E-state index contributed by atoms with van der Waals surface area (Å²) in [5.74, 6) is 0.233. The number of amides is 1. The average Bonchev–Trinajstić information content (AvgIpc) is 3.35. The molecule has 0 aliphatic carbocycles. The number of benzene rings is 2. The molecule has 2 heterocycles. The van der Waals surface area contributed by atoms with Crippen LogP contribution in [0.4, 0.5) is 11.4 Å². The molecular formula is C22H24N6O2S. The molecule has 0 saturated carbocycles. The number of carbonyl (C=O) groups is 1. The number of aryl methyl sites for hydroxylation is 3. The van der Waals surface area contributed by atoms with Crippen LogP contribution in [0.15, 0.2) is 36.7 Å². The van der Waals surface area contributed by atoms with Gasteiger partial charge in [-0.1, -0.05) is 11.9 Å². The maximum absolute atomic E-state index is 13.3. The van der Waals surface area contributed by atoms with Gasteiger partial charge < -0.3 is 14.8 Å². The smallest absolute Gasteiger partial charge is 0.259 e. The highest BCUT2D eigenvalue weighted by Gasteiger charge is 2.19. The second-order valence-corrected chi connectivity index (χ2v) is 7.93. The lowest BCUT2D eigenvalue weighted by molar-refractivity contribution is 0.102. The number of methoxy groups -OCH3 is 1. The number of carbonyl (C=O) groups excluding carboxylic acids is 1. The Morgan fingerprint density at radius 1 is 1.19 bits per heavy atom. The Balaban J connectivity index is 1.74. The van der Waals surface area contributed by atoms with Crippen LogP contribution in [0, 0.1) is 13.8 Å². The van der Waals surface area contributed by atoms with Gasteiger partial charge in [0.2, 0.25) is 0 Å². The number of aromatic amines is 1. The zero-order valence-corrected chi connectivity index (χ0v) is 18.8. The number of hydrogen-bond donors (Lipinski definition) is 3. The molecule has 0 radical (unpaired) electrons. The van der Waals surface area contributed by atoms with Crippen molar-refractivity contribution < 1.29 is 9.53 Å². The molecule has 0 atom stereocenters. The monoisotopic (exact) mass is 436 g/mol. The number of rotatable bonds is 6. The van der Waals surface area contributed by atoms with Crippen molar-refractivity contribution in [3.63, 3.8) is 0 Å². The number of anilines is 2. The van der Waals surface area contributed by atoms with E-state index in [9.17, 15) is 4.79 Å². The Morgan fingerprint density at radius 2 is 1.94 bits per heavy atom. The minimum absolute atomic E-state index is 0.242. The third-order valence-electron chi connectivity index (χ3n) is 5.10. The number of fused-ring (bicyclic) bond motifs is 1. The maximum Gasteiger partial charge on any atom is 0.259 e. The molecule has 8 nitrogen and oxygen atoms in total. The molecule has 4 rings (SSSR count). The fourth-order valence-electron chi connectivity index (χ4n) is 3.67. The van der Waals surface area contributed by atoms with E-state index in [1.165, 1.54) is 11.9 Å². The molecular weight excluding hydrogens is 412 g/mol. The molecule has 9 heteroatoms. The Labute approximate surface area is 184 Å². The molecule has 0 aliphatic rings. The van der Waals surface area contributed by atoms with E-state index in [2.05, 4.69) is 25.3 Å². The van der Waals surface area contributed by atoms with E-state index in [-0.39, 0.29) is 5.91 Å². The van der Waals surface area contributed by atoms with Crippen molar-refractivity contribution in [2.45, 2.75) is 13.8 Å². The quantitative estimate of drug-likeness (QED) is 0.384. The van der Waals surface area contributed by atoms with Crippen molar-refractivity contribution in [3.8, 4) is 17.0 Å². The molecule has 4 aromatic rings. The summed E-state index contributed by atoms with van der Waals surface area (Å²) in [5, 5.41) is 15.5. The molecule has 2 aromatic heterocycles. The van der Waals surface area contributed by atoms with Gasteiger partial charge in [0, 0.05) is 47.9 Å². The molecule has 1 amide bonds. The molecule has 0 spiro atoms. The largest absolute Gasteiger partial charge is 0.496 e. The third kappa shape index (κ3) is 3.96. The van der Waals surface area contributed by atoms with Crippen LogP contribution < -0.4 is 14.8 Å². The first kappa shape index (κ1) is 20.8. The van der Waals surface area contributed by atoms with Crippen LogP contribution in [-0.4, -0.2) is 39.3 Å². The number of aromatic nitrogens is 4. The molecule has 31 heavy (non-hydrogen) atoms. The van der Waals surface area contributed by atoms with Gasteiger partial charge in [-0.15, -0.1) is 0 Å². The van der Waals surface area contributed by atoms with Crippen LogP contribution >= 0.6 is 11.9 Å². The lowest BCUT2D eigenvalue weighted by Gasteiger charge is -2.15. The third-order valence-corrected chi connectivity index (χ3v) is 5.54. The Hall–Kier alpha value is -3.46. The van der Waals surface area contributed by atoms with Gasteiger partial charge in [0.15, 0.2) is 0 Å². The Bertz CT molecular complexity index is 1250. The van der Waals surface area contributed by atoms with Crippen LogP contribution in [0.25, 0.3) is 22.2 Å². The summed E-state index contributed by atoms with van der Waals surface area (Å²) in [4.78, 5) is 13.3. The van der Waals surface area contributed by atoms with Gasteiger partial charge in [-0.3, -0.25) is 14.6 Å². The van der Waals surface area contributed by atoms with Crippen molar-refractivity contribution in [2.75, 3.05) is 23.4 Å². The topological polar surface area (TPSA) is 96.9 Å². The Kier molecular flexibility index (Phi) is 5.60. The molecule has 0 aliphatic heterocycles. The second kappa shape index (κ2) is 8.35. The van der Waals surface area contributed by atoms with Gasteiger partial charge in [-0.05, 0) is 43.2 Å². The highest BCUT2D eigenvalue weighted by atomic mass is 32.2. The van der Waals surface area contributed by atoms with Crippen molar-refractivity contribution in [3.05, 3.63) is 53.3 Å². The van der Waals surface area contributed by atoms with E-state index in [1.54, 1.807) is 24.1 Å². The van der Waals surface area contributed by atoms with Gasteiger partial charge in [-0.25, -0.2) is 0 Å². The summed E-state index contributed by atoms with van der Waals surface area (Å²) in [6.07, 6.45) is 5.60. The number of H-pyrrole nitrogens is 1. The molecule has 0 unspecified atom stereocenters. The summed E-state index contributed by atoms with van der Waals surface area (Å²) < 4.78 is 10.4.